The molecule has 1 aliphatic rings. The number of carbonyl (C=O) groups is 2. The first-order chi connectivity index (χ1) is 10.9. The number of nitrogens with two attached hydrogens (primary N) is 1. The molecule has 0 saturated heterocycles. The molecule has 4 N–H and O–H groups in total. The van der Waals surface area contributed by atoms with Gasteiger partial charge in [-0.15, -0.1) is 0 Å². The van der Waals surface area contributed by atoms with Crippen molar-refractivity contribution in [1.29, 1.82) is 0 Å². The number of rotatable bonds is 7. The molecule has 2 rings (SSSR count). The van der Waals surface area contributed by atoms with Gasteiger partial charge in [-0.3, -0.25) is 9.59 Å². The normalized spacial score (nSPS) is 20.9. The predicted octanol–water partition coefficient (Wildman–Crippen LogP) is 2.38. The molecule has 0 radical (unpaired) electrons. The van der Waals surface area contributed by atoms with Crippen molar-refractivity contribution in [2.75, 3.05) is 11.9 Å². The second kappa shape index (κ2) is 7.59. The zero-order chi connectivity index (χ0) is 17.0. The lowest BCUT2D eigenvalue weighted by Gasteiger charge is -2.19. The minimum Gasteiger partial charge on any atom is -0.348 e. The van der Waals surface area contributed by atoms with Gasteiger partial charge in [0.05, 0.1) is 0 Å². The Hall–Kier alpha value is -1.88. The van der Waals surface area contributed by atoms with E-state index in [1.54, 1.807) is 24.3 Å². The molecule has 1 fully saturated rings. The largest absolute Gasteiger partial charge is 0.348 e. The van der Waals surface area contributed by atoms with Crippen LogP contribution in [0.15, 0.2) is 24.3 Å². The molecule has 0 aromatic heterocycles. The molecule has 3 atom stereocenters. The third kappa shape index (κ3) is 5.06. The number of carbonyl (C=O) groups excluding carboxylic acids is 2. The van der Waals surface area contributed by atoms with Crippen LogP contribution >= 0.6 is 0 Å². The number of hydrogen-bond donors (Lipinski definition) is 3. The summed E-state index contributed by atoms with van der Waals surface area (Å²) in [5.41, 5.74) is 6.92. The summed E-state index contributed by atoms with van der Waals surface area (Å²) >= 11 is 0. The smallest absolute Gasteiger partial charge is 0.251 e. The summed E-state index contributed by atoms with van der Waals surface area (Å²) < 4.78 is 0. The van der Waals surface area contributed by atoms with E-state index in [4.69, 9.17) is 5.73 Å². The fraction of sp³-hybridized carbons (Fsp3) is 0.556. The van der Waals surface area contributed by atoms with Crippen molar-refractivity contribution < 1.29 is 9.59 Å². The zero-order valence-electron chi connectivity index (χ0n) is 14.1. The van der Waals surface area contributed by atoms with Gasteiger partial charge in [-0.25, -0.2) is 0 Å². The SMILES string of the molecule is CC(C)CC(CN)NC(=O)c1cccc(NC(=O)C2CC2C)c1. The van der Waals surface area contributed by atoms with Crippen LogP contribution in [0.2, 0.25) is 0 Å². The van der Waals surface area contributed by atoms with Gasteiger partial charge < -0.3 is 16.4 Å². The minimum atomic E-state index is -0.156. The van der Waals surface area contributed by atoms with Gasteiger partial charge in [-0.05, 0) is 42.9 Å². The Kier molecular flexibility index (Phi) is 5.77. The first-order valence-corrected chi connectivity index (χ1v) is 8.32. The Morgan fingerprint density at radius 1 is 1.35 bits per heavy atom. The van der Waals surface area contributed by atoms with E-state index in [1.807, 2.05) is 0 Å². The summed E-state index contributed by atoms with van der Waals surface area (Å²) in [4.78, 5) is 24.3. The fourth-order valence-corrected chi connectivity index (χ4v) is 2.71. The fourth-order valence-electron chi connectivity index (χ4n) is 2.71. The summed E-state index contributed by atoms with van der Waals surface area (Å²) in [5, 5.41) is 5.85. The monoisotopic (exact) mass is 317 g/mol. The first-order valence-electron chi connectivity index (χ1n) is 8.32. The van der Waals surface area contributed by atoms with Crippen molar-refractivity contribution in [3.05, 3.63) is 29.8 Å². The van der Waals surface area contributed by atoms with E-state index in [0.29, 0.717) is 29.6 Å². The summed E-state index contributed by atoms with van der Waals surface area (Å²) in [6, 6.07) is 7.00. The van der Waals surface area contributed by atoms with E-state index in [0.717, 1.165) is 12.8 Å². The van der Waals surface area contributed by atoms with Crippen LogP contribution < -0.4 is 16.4 Å². The van der Waals surface area contributed by atoms with Crippen molar-refractivity contribution >= 4 is 17.5 Å². The topological polar surface area (TPSA) is 84.2 Å². The molecule has 0 aliphatic heterocycles. The quantitative estimate of drug-likeness (QED) is 0.722. The molecule has 23 heavy (non-hydrogen) atoms. The lowest BCUT2D eigenvalue weighted by molar-refractivity contribution is -0.117. The van der Waals surface area contributed by atoms with E-state index >= 15 is 0 Å². The second-order valence-electron chi connectivity index (χ2n) is 6.93. The average molecular weight is 317 g/mol. The molecule has 2 amide bonds. The maximum atomic E-state index is 12.4. The molecular weight excluding hydrogens is 290 g/mol. The average Bonchev–Trinajstić information content (AvgIpc) is 3.23. The van der Waals surface area contributed by atoms with Crippen LogP contribution in [0.3, 0.4) is 0 Å². The predicted molar refractivity (Wildman–Crippen MR) is 92.1 cm³/mol. The van der Waals surface area contributed by atoms with Crippen molar-refractivity contribution in [1.82, 2.24) is 5.32 Å². The van der Waals surface area contributed by atoms with Gasteiger partial charge in [0.15, 0.2) is 0 Å². The van der Waals surface area contributed by atoms with E-state index in [9.17, 15) is 9.59 Å². The van der Waals surface area contributed by atoms with Gasteiger partial charge in [-0.1, -0.05) is 26.8 Å². The number of nitrogens with one attached hydrogen (secondary N) is 2. The lowest BCUT2D eigenvalue weighted by Crippen LogP contribution is -2.41. The van der Waals surface area contributed by atoms with E-state index in [-0.39, 0.29) is 23.8 Å². The van der Waals surface area contributed by atoms with Crippen LogP contribution in [0.25, 0.3) is 0 Å². The maximum Gasteiger partial charge on any atom is 0.251 e. The molecule has 5 nitrogen and oxygen atoms in total. The van der Waals surface area contributed by atoms with Gasteiger partial charge in [-0.2, -0.15) is 0 Å². The van der Waals surface area contributed by atoms with Crippen LogP contribution in [-0.2, 0) is 4.79 Å². The summed E-state index contributed by atoms with van der Waals surface area (Å²) in [5.74, 6) is 0.921. The molecule has 1 aliphatic carbocycles. The molecule has 3 unspecified atom stereocenters. The maximum absolute atomic E-state index is 12.4. The number of hydrogen-bond acceptors (Lipinski definition) is 3. The van der Waals surface area contributed by atoms with E-state index in [1.165, 1.54) is 0 Å². The number of anilines is 1. The Balaban J connectivity index is 1.97. The number of benzene rings is 1. The second-order valence-corrected chi connectivity index (χ2v) is 6.93. The summed E-state index contributed by atoms with van der Waals surface area (Å²) in [6.07, 6.45) is 1.79. The third-order valence-electron chi connectivity index (χ3n) is 4.21. The van der Waals surface area contributed by atoms with Crippen LogP contribution in [-0.4, -0.2) is 24.4 Å². The van der Waals surface area contributed by atoms with Crippen LogP contribution in [0.4, 0.5) is 5.69 Å². The summed E-state index contributed by atoms with van der Waals surface area (Å²) in [7, 11) is 0. The van der Waals surface area contributed by atoms with E-state index in [2.05, 4.69) is 31.4 Å². The molecule has 126 valence electrons. The Morgan fingerprint density at radius 3 is 2.61 bits per heavy atom. The van der Waals surface area contributed by atoms with Crippen LogP contribution in [0.5, 0.6) is 0 Å². The van der Waals surface area contributed by atoms with E-state index < -0.39 is 0 Å². The van der Waals surface area contributed by atoms with Gasteiger partial charge >= 0.3 is 0 Å². The minimum absolute atomic E-state index is 0.0342. The Morgan fingerprint density at radius 2 is 2.04 bits per heavy atom. The lowest BCUT2D eigenvalue weighted by atomic mass is 10.0. The molecule has 0 bridgehead atoms. The van der Waals surface area contributed by atoms with Crippen LogP contribution in [0, 0.1) is 17.8 Å². The highest BCUT2D eigenvalue weighted by Crippen LogP contribution is 2.38. The van der Waals surface area contributed by atoms with Gasteiger partial charge in [0.1, 0.15) is 0 Å². The Bertz CT molecular complexity index is 571. The molecule has 5 heteroatoms. The molecule has 1 aromatic carbocycles. The Labute approximate surface area is 138 Å². The zero-order valence-corrected chi connectivity index (χ0v) is 14.1. The van der Waals surface area contributed by atoms with Gasteiger partial charge in [0.2, 0.25) is 5.91 Å². The highest BCUT2D eigenvalue weighted by atomic mass is 16.2. The van der Waals surface area contributed by atoms with Crippen LogP contribution in [0.1, 0.15) is 44.0 Å². The third-order valence-corrected chi connectivity index (χ3v) is 4.21. The molecule has 1 saturated carbocycles. The summed E-state index contributed by atoms with van der Waals surface area (Å²) in [6.45, 7) is 6.68. The van der Waals surface area contributed by atoms with Gasteiger partial charge in [0, 0.05) is 29.8 Å². The molecule has 0 spiro atoms. The molecule has 1 aromatic rings. The molecular formula is C18H27N3O2. The standard InChI is InChI=1S/C18H27N3O2/c1-11(2)7-15(10-19)21-17(22)13-5-4-6-14(9-13)20-18(23)16-8-12(16)3/h4-6,9,11-12,15-16H,7-8,10,19H2,1-3H3,(H,20,23)(H,21,22). The highest BCUT2D eigenvalue weighted by molar-refractivity contribution is 5.98. The number of amides is 2. The first kappa shape index (κ1) is 17.5. The molecule has 0 heterocycles. The van der Waals surface area contributed by atoms with Crippen molar-refractivity contribution in [2.45, 2.75) is 39.7 Å². The van der Waals surface area contributed by atoms with Gasteiger partial charge in [0.25, 0.3) is 5.91 Å². The van der Waals surface area contributed by atoms with Crippen molar-refractivity contribution in [3.63, 3.8) is 0 Å². The van der Waals surface area contributed by atoms with Crippen molar-refractivity contribution in [3.8, 4) is 0 Å². The highest BCUT2D eigenvalue weighted by Gasteiger charge is 2.39. The van der Waals surface area contributed by atoms with Crippen molar-refractivity contribution in [2.24, 2.45) is 23.5 Å².